The number of anilines is 1. The second-order valence-electron chi connectivity index (χ2n) is 3.45. The van der Waals surface area contributed by atoms with Crippen molar-refractivity contribution in [1.29, 1.82) is 0 Å². The minimum absolute atomic E-state index is 1.05. The number of benzene rings is 1. The van der Waals surface area contributed by atoms with Crippen LogP contribution in [-0.4, -0.2) is 6.54 Å². The van der Waals surface area contributed by atoms with Crippen LogP contribution in [0.3, 0.4) is 0 Å². The molecule has 0 unspecified atom stereocenters. The SMILES string of the molecule is CC=C=CCCCCNc1ccccc1. The van der Waals surface area contributed by atoms with Gasteiger partial charge in [-0.05, 0) is 50.5 Å². The van der Waals surface area contributed by atoms with Crippen molar-refractivity contribution in [2.45, 2.75) is 26.2 Å². The Morgan fingerprint density at radius 3 is 2.73 bits per heavy atom. The molecule has 15 heavy (non-hydrogen) atoms. The van der Waals surface area contributed by atoms with Crippen LogP contribution in [0.2, 0.25) is 0 Å². The zero-order valence-corrected chi connectivity index (χ0v) is 9.37. The molecular formula is C14H19N. The molecule has 0 radical (unpaired) electrons. The summed E-state index contributed by atoms with van der Waals surface area (Å²) in [7, 11) is 0. The highest BCUT2D eigenvalue weighted by Gasteiger charge is 1.88. The molecule has 1 N–H and O–H groups in total. The largest absolute Gasteiger partial charge is 0.385 e. The van der Waals surface area contributed by atoms with E-state index in [0.717, 1.165) is 13.0 Å². The normalized spacial score (nSPS) is 9.13. The van der Waals surface area contributed by atoms with E-state index >= 15 is 0 Å². The summed E-state index contributed by atoms with van der Waals surface area (Å²) in [5.41, 5.74) is 4.30. The number of para-hydroxylation sites is 1. The van der Waals surface area contributed by atoms with Gasteiger partial charge in [0.25, 0.3) is 0 Å². The Morgan fingerprint density at radius 2 is 2.00 bits per heavy atom. The van der Waals surface area contributed by atoms with Crippen molar-refractivity contribution in [2.75, 3.05) is 11.9 Å². The molecule has 0 fully saturated rings. The maximum Gasteiger partial charge on any atom is 0.0340 e. The molecular weight excluding hydrogens is 182 g/mol. The van der Waals surface area contributed by atoms with E-state index in [-0.39, 0.29) is 0 Å². The predicted octanol–water partition coefficient (Wildman–Crippen LogP) is 4.00. The van der Waals surface area contributed by atoms with E-state index < -0.39 is 0 Å². The van der Waals surface area contributed by atoms with E-state index in [2.05, 4.69) is 41.4 Å². The van der Waals surface area contributed by atoms with Crippen LogP contribution in [0.1, 0.15) is 26.2 Å². The molecule has 0 aliphatic rings. The zero-order valence-electron chi connectivity index (χ0n) is 9.37. The van der Waals surface area contributed by atoms with Gasteiger partial charge in [-0.2, -0.15) is 0 Å². The van der Waals surface area contributed by atoms with Crippen LogP contribution in [-0.2, 0) is 0 Å². The van der Waals surface area contributed by atoms with Crippen molar-refractivity contribution in [3.05, 3.63) is 48.2 Å². The highest BCUT2D eigenvalue weighted by atomic mass is 14.9. The van der Waals surface area contributed by atoms with Crippen molar-refractivity contribution < 1.29 is 0 Å². The molecule has 1 rings (SSSR count). The van der Waals surface area contributed by atoms with Gasteiger partial charge < -0.3 is 5.32 Å². The highest BCUT2D eigenvalue weighted by molar-refractivity contribution is 5.42. The van der Waals surface area contributed by atoms with E-state index in [1.807, 2.05) is 19.1 Å². The van der Waals surface area contributed by atoms with Gasteiger partial charge in [-0.3, -0.25) is 0 Å². The van der Waals surface area contributed by atoms with E-state index in [0.29, 0.717) is 0 Å². The first-order chi connectivity index (χ1) is 7.43. The van der Waals surface area contributed by atoms with Gasteiger partial charge in [-0.25, -0.2) is 0 Å². The topological polar surface area (TPSA) is 12.0 Å². The lowest BCUT2D eigenvalue weighted by Crippen LogP contribution is -2.00. The third kappa shape index (κ3) is 5.77. The molecule has 1 aromatic carbocycles. The third-order valence-corrected chi connectivity index (χ3v) is 2.16. The predicted molar refractivity (Wildman–Crippen MR) is 67.1 cm³/mol. The van der Waals surface area contributed by atoms with E-state index in [9.17, 15) is 0 Å². The van der Waals surface area contributed by atoms with Crippen LogP contribution in [0.5, 0.6) is 0 Å². The van der Waals surface area contributed by atoms with Crippen molar-refractivity contribution in [3.8, 4) is 0 Å². The van der Waals surface area contributed by atoms with Crippen LogP contribution in [0.4, 0.5) is 5.69 Å². The van der Waals surface area contributed by atoms with Gasteiger partial charge >= 0.3 is 0 Å². The fourth-order valence-electron chi connectivity index (χ4n) is 1.36. The van der Waals surface area contributed by atoms with E-state index in [4.69, 9.17) is 0 Å². The first-order valence-corrected chi connectivity index (χ1v) is 5.58. The Hall–Kier alpha value is -1.46. The van der Waals surface area contributed by atoms with Crippen LogP contribution in [0, 0.1) is 0 Å². The molecule has 0 saturated heterocycles. The van der Waals surface area contributed by atoms with Gasteiger partial charge in [-0.15, -0.1) is 5.73 Å². The molecule has 1 nitrogen and oxygen atoms in total. The van der Waals surface area contributed by atoms with Gasteiger partial charge in [0.05, 0.1) is 0 Å². The summed E-state index contributed by atoms with van der Waals surface area (Å²) >= 11 is 0. The Balaban J connectivity index is 2.05. The minimum atomic E-state index is 1.05. The second kappa shape index (κ2) is 7.90. The second-order valence-corrected chi connectivity index (χ2v) is 3.45. The molecule has 0 amide bonds. The van der Waals surface area contributed by atoms with E-state index in [1.54, 1.807) is 0 Å². The summed E-state index contributed by atoms with van der Waals surface area (Å²) in [5, 5.41) is 3.39. The standard InChI is InChI=1S/C14H19N/c1-2-3-4-5-6-10-13-15-14-11-8-7-9-12-14/h2,4,7-9,11-12,15H,5-6,10,13H2,1H3. The molecule has 0 aromatic heterocycles. The Morgan fingerprint density at radius 1 is 1.20 bits per heavy atom. The lowest BCUT2D eigenvalue weighted by atomic mass is 10.2. The van der Waals surface area contributed by atoms with Crippen LogP contribution >= 0.6 is 0 Å². The lowest BCUT2D eigenvalue weighted by Gasteiger charge is -2.04. The maximum atomic E-state index is 3.39. The number of allylic oxidation sites excluding steroid dienone is 1. The summed E-state index contributed by atoms with van der Waals surface area (Å²) in [5.74, 6) is 0. The fourth-order valence-corrected chi connectivity index (χ4v) is 1.36. The van der Waals surface area contributed by atoms with Gasteiger partial charge in [0.2, 0.25) is 0 Å². The molecule has 80 valence electrons. The van der Waals surface area contributed by atoms with Crippen molar-refractivity contribution in [2.24, 2.45) is 0 Å². The van der Waals surface area contributed by atoms with Crippen molar-refractivity contribution in [3.63, 3.8) is 0 Å². The molecule has 0 aliphatic heterocycles. The third-order valence-electron chi connectivity index (χ3n) is 2.16. The van der Waals surface area contributed by atoms with Crippen molar-refractivity contribution >= 4 is 5.69 Å². The molecule has 0 heterocycles. The maximum absolute atomic E-state index is 3.39. The summed E-state index contributed by atoms with van der Waals surface area (Å²) < 4.78 is 0. The van der Waals surface area contributed by atoms with Crippen LogP contribution in [0.15, 0.2) is 48.2 Å². The van der Waals surface area contributed by atoms with E-state index in [1.165, 1.54) is 18.5 Å². The summed E-state index contributed by atoms with van der Waals surface area (Å²) in [6, 6.07) is 10.3. The van der Waals surface area contributed by atoms with Gasteiger partial charge in [-0.1, -0.05) is 18.2 Å². The fraction of sp³-hybridized carbons (Fsp3) is 0.357. The molecule has 0 bridgehead atoms. The Kier molecular flexibility index (Phi) is 6.12. The molecule has 1 heteroatoms. The van der Waals surface area contributed by atoms with Crippen molar-refractivity contribution in [1.82, 2.24) is 0 Å². The summed E-state index contributed by atoms with van der Waals surface area (Å²) in [4.78, 5) is 0. The van der Waals surface area contributed by atoms with Gasteiger partial charge in [0, 0.05) is 12.2 Å². The summed E-state index contributed by atoms with van der Waals surface area (Å²) in [6.45, 7) is 3.04. The number of rotatable bonds is 6. The van der Waals surface area contributed by atoms with Crippen LogP contribution in [0.25, 0.3) is 0 Å². The zero-order chi connectivity index (χ0) is 10.8. The number of hydrogen-bond donors (Lipinski definition) is 1. The monoisotopic (exact) mass is 201 g/mol. The smallest absolute Gasteiger partial charge is 0.0340 e. The molecule has 0 saturated carbocycles. The average molecular weight is 201 g/mol. The van der Waals surface area contributed by atoms with Gasteiger partial charge in [0.15, 0.2) is 0 Å². The minimum Gasteiger partial charge on any atom is -0.385 e. The Labute approximate surface area is 92.5 Å². The molecule has 0 spiro atoms. The lowest BCUT2D eigenvalue weighted by molar-refractivity contribution is 0.779. The number of hydrogen-bond acceptors (Lipinski definition) is 1. The first kappa shape index (κ1) is 11.6. The quantitative estimate of drug-likeness (QED) is 0.542. The molecule has 0 atom stereocenters. The number of unbranched alkanes of at least 4 members (excludes halogenated alkanes) is 2. The number of nitrogens with one attached hydrogen (secondary N) is 1. The Bertz CT molecular complexity index is 307. The van der Waals surface area contributed by atoms with Gasteiger partial charge in [0.1, 0.15) is 0 Å². The molecule has 0 aliphatic carbocycles. The van der Waals surface area contributed by atoms with Crippen LogP contribution < -0.4 is 5.32 Å². The summed E-state index contributed by atoms with van der Waals surface area (Å²) in [6.07, 6.45) is 7.60. The molecule has 1 aromatic rings. The average Bonchev–Trinajstić information content (AvgIpc) is 2.29. The first-order valence-electron chi connectivity index (χ1n) is 5.58. The highest BCUT2D eigenvalue weighted by Crippen LogP contribution is 2.05.